The lowest BCUT2D eigenvalue weighted by Gasteiger charge is -2.09. The highest BCUT2D eigenvalue weighted by Crippen LogP contribution is 2.26. The topological polar surface area (TPSA) is 48.1 Å². The number of pyridine rings is 1. The third kappa shape index (κ3) is 2.42. The summed E-state index contributed by atoms with van der Waals surface area (Å²) in [5.41, 5.74) is 7.65. The zero-order valence-corrected chi connectivity index (χ0v) is 9.48. The summed E-state index contributed by atoms with van der Waals surface area (Å²) < 4.78 is 18.7. The summed E-state index contributed by atoms with van der Waals surface area (Å²) in [6, 6.07) is 8.43. The molecule has 1 aromatic carbocycles. The van der Waals surface area contributed by atoms with Gasteiger partial charge in [0, 0.05) is 24.4 Å². The average molecular weight is 232 g/mol. The number of benzene rings is 1. The minimum atomic E-state index is -0.277. The molecule has 1 aromatic heterocycles. The van der Waals surface area contributed by atoms with Gasteiger partial charge in [0.25, 0.3) is 0 Å². The van der Waals surface area contributed by atoms with Crippen molar-refractivity contribution in [2.45, 2.75) is 6.61 Å². The summed E-state index contributed by atoms with van der Waals surface area (Å²) in [6.07, 6.45) is 1.63. The second-order valence-electron chi connectivity index (χ2n) is 3.67. The lowest BCUT2D eigenvalue weighted by Crippen LogP contribution is -1.97. The Morgan fingerprint density at radius 2 is 2.12 bits per heavy atom. The predicted molar refractivity (Wildman–Crippen MR) is 64.8 cm³/mol. The van der Waals surface area contributed by atoms with Crippen molar-refractivity contribution in [3.63, 3.8) is 0 Å². The van der Waals surface area contributed by atoms with Gasteiger partial charge in [0.2, 0.25) is 0 Å². The van der Waals surface area contributed by atoms with Crippen LogP contribution in [0.2, 0.25) is 0 Å². The second kappa shape index (κ2) is 4.93. The third-order valence-corrected chi connectivity index (χ3v) is 2.50. The third-order valence-electron chi connectivity index (χ3n) is 2.50. The van der Waals surface area contributed by atoms with E-state index >= 15 is 0 Å². The van der Waals surface area contributed by atoms with Gasteiger partial charge in [0.05, 0.1) is 6.61 Å². The molecule has 0 bridgehead atoms. The van der Waals surface area contributed by atoms with Gasteiger partial charge >= 0.3 is 0 Å². The first-order chi connectivity index (χ1) is 8.22. The van der Waals surface area contributed by atoms with E-state index < -0.39 is 0 Å². The van der Waals surface area contributed by atoms with Crippen molar-refractivity contribution in [2.24, 2.45) is 0 Å². The fourth-order valence-corrected chi connectivity index (χ4v) is 1.68. The van der Waals surface area contributed by atoms with Crippen molar-refractivity contribution in [1.82, 2.24) is 4.98 Å². The van der Waals surface area contributed by atoms with Gasteiger partial charge in [-0.3, -0.25) is 0 Å². The molecule has 0 aliphatic heterocycles. The number of halogens is 1. The standard InChI is InChI=1S/C13H13FN2O/c1-17-8-11-10(3-2-4-12(11)14)9-5-6-13(15)16-7-9/h2-7H,8H2,1H3,(H2,15,16). The molecule has 88 valence electrons. The number of rotatable bonds is 3. The molecule has 0 saturated carbocycles. The number of nitrogens with zero attached hydrogens (tertiary/aromatic N) is 1. The smallest absolute Gasteiger partial charge is 0.129 e. The maximum atomic E-state index is 13.7. The molecular weight excluding hydrogens is 219 g/mol. The lowest BCUT2D eigenvalue weighted by atomic mass is 10.0. The molecule has 0 amide bonds. The SMILES string of the molecule is COCc1c(F)cccc1-c1ccc(N)nc1. The van der Waals surface area contributed by atoms with Crippen LogP contribution in [-0.2, 0) is 11.3 Å². The molecule has 0 saturated heterocycles. The van der Waals surface area contributed by atoms with Crippen molar-refractivity contribution in [2.75, 3.05) is 12.8 Å². The van der Waals surface area contributed by atoms with Gasteiger partial charge in [-0.25, -0.2) is 9.37 Å². The number of nitrogen functional groups attached to an aromatic ring is 1. The zero-order chi connectivity index (χ0) is 12.3. The number of nitrogens with two attached hydrogens (primary N) is 1. The van der Waals surface area contributed by atoms with Crippen LogP contribution in [0.4, 0.5) is 10.2 Å². The first-order valence-electron chi connectivity index (χ1n) is 5.20. The maximum Gasteiger partial charge on any atom is 0.129 e. The lowest BCUT2D eigenvalue weighted by molar-refractivity contribution is 0.182. The minimum Gasteiger partial charge on any atom is -0.384 e. The van der Waals surface area contributed by atoms with Crippen LogP contribution in [0.25, 0.3) is 11.1 Å². The molecule has 1 heterocycles. The normalized spacial score (nSPS) is 10.5. The van der Waals surface area contributed by atoms with Gasteiger partial charge < -0.3 is 10.5 Å². The Kier molecular flexibility index (Phi) is 3.35. The van der Waals surface area contributed by atoms with Crippen molar-refractivity contribution in [1.29, 1.82) is 0 Å². The molecule has 0 unspecified atom stereocenters. The Morgan fingerprint density at radius 3 is 2.76 bits per heavy atom. The van der Waals surface area contributed by atoms with Crippen LogP contribution in [0.1, 0.15) is 5.56 Å². The molecule has 0 spiro atoms. The number of anilines is 1. The summed E-state index contributed by atoms with van der Waals surface area (Å²) in [7, 11) is 1.54. The van der Waals surface area contributed by atoms with E-state index in [0.29, 0.717) is 11.4 Å². The van der Waals surface area contributed by atoms with Crippen molar-refractivity contribution in [3.05, 3.63) is 47.9 Å². The van der Waals surface area contributed by atoms with E-state index in [9.17, 15) is 4.39 Å². The molecule has 0 aliphatic carbocycles. The zero-order valence-electron chi connectivity index (χ0n) is 9.48. The van der Waals surface area contributed by atoms with E-state index in [0.717, 1.165) is 11.1 Å². The largest absolute Gasteiger partial charge is 0.384 e. The van der Waals surface area contributed by atoms with Crippen LogP contribution in [0.3, 0.4) is 0 Å². The fourth-order valence-electron chi connectivity index (χ4n) is 1.68. The molecular formula is C13H13FN2O. The van der Waals surface area contributed by atoms with E-state index in [2.05, 4.69) is 4.98 Å². The molecule has 2 N–H and O–H groups in total. The number of ether oxygens (including phenoxy) is 1. The Labute approximate surface area is 99.1 Å². The molecule has 0 radical (unpaired) electrons. The molecule has 0 atom stereocenters. The molecule has 17 heavy (non-hydrogen) atoms. The summed E-state index contributed by atoms with van der Waals surface area (Å²) in [6.45, 7) is 0.229. The Bertz CT molecular complexity index is 511. The molecule has 0 aliphatic rings. The van der Waals surface area contributed by atoms with Crippen molar-refractivity contribution < 1.29 is 9.13 Å². The molecule has 4 heteroatoms. The minimum absolute atomic E-state index is 0.229. The average Bonchev–Trinajstić information content (AvgIpc) is 2.33. The van der Waals surface area contributed by atoms with E-state index in [4.69, 9.17) is 10.5 Å². The molecule has 2 rings (SSSR count). The van der Waals surface area contributed by atoms with Gasteiger partial charge in [0.1, 0.15) is 11.6 Å². The van der Waals surface area contributed by atoms with Crippen LogP contribution in [-0.4, -0.2) is 12.1 Å². The Hall–Kier alpha value is -1.94. The Morgan fingerprint density at radius 1 is 1.29 bits per heavy atom. The predicted octanol–water partition coefficient (Wildman–Crippen LogP) is 2.62. The molecule has 0 fully saturated rings. The van der Waals surface area contributed by atoms with Gasteiger partial charge in [-0.1, -0.05) is 12.1 Å². The number of hydrogen-bond donors (Lipinski definition) is 1. The van der Waals surface area contributed by atoms with E-state index in [-0.39, 0.29) is 12.4 Å². The highest BCUT2D eigenvalue weighted by Gasteiger charge is 2.09. The van der Waals surface area contributed by atoms with Crippen LogP contribution < -0.4 is 5.73 Å². The highest BCUT2D eigenvalue weighted by atomic mass is 19.1. The highest BCUT2D eigenvalue weighted by molar-refractivity contribution is 5.67. The first kappa shape index (κ1) is 11.5. The summed E-state index contributed by atoms with van der Waals surface area (Å²) in [5.74, 6) is 0.166. The quantitative estimate of drug-likeness (QED) is 0.884. The van der Waals surface area contributed by atoms with Gasteiger partial charge in [-0.15, -0.1) is 0 Å². The molecule has 3 nitrogen and oxygen atoms in total. The summed E-state index contributed by atoms with van der Waals surface area (Å²) in [4.78, 5) is 4.00. The number of hydrogen-bond acceptors (Lipinski definition) is 3. The van der Waals surface area contributed by atoms with E-state index in [1.807, 2.05) is 12.1 Å². The van der Waals surface area contributed by atoms with E-state index in [1.54, 1.807) is 18.3 Å². The van der Waals surface area contributed by atoms with Crippen LogP contribution >= 0.6 is 0 Å². The van der Waals surface area contributed by atoms with Crippen LogP contribution in [0.5, 0.6) is 0 Å². The van der Waals surface area contributed by atoms with Gasteiger partial charge in [-0.2, -0.15) is 0 Å². The monoisotopic (exact) mass is 232 g/mol. The van der Waals surface area contributed by atoms with Crippen molar-refractivity contribution >= 4 is 5.82 Å². The Balaban J connectivity index is 2.50. The van der Waals surface area contributed by atoms with Crippen LogP contribution in [0.15, 0.2) is 36.5 Å². The number of methoxy groups -OCH3 is 1. The van der Waals surface area contributed by atoms with Gasteiger partial charge in [-0.05, 0) is 23.8 Å². The second-order valence-corrected chi connectivity index (χ2v) is 3.67. The molecule has 2 aromatic rings. The van der Waals surface area contributed by atoms with Crippen LogP contribution in [0, 0.1) is 5.82 Å². The summed E-state index contributed by atoms with van der Waals surface area (Å²) >= 11 is 0. The summed E-state index contributed by atoms with van der Waals surface area (Å²) in [5, 5.41) is 0. The van der Waals surface area contributed by atoms with E-state index in [1.165, 1.54) is 13.2 Å². The fraction of sp³-hybridized carbons (Fsp3) is 0.154. The maximum absolute atomic E-state index is 13.7. The van der Waals surface area contributed by atoms with Crippen molar-refractivity contribution in [3.8, 4) is 11.1 Å². The number of aromatic nitrogens is 1. The van der Waals surface area contributed by atoms with Gasteiger partial charge in [0.15, 0.2) is 0 Å². The first-order valence-corrected chi connectivity index (χ1v) is 5.20.